The molecule has 126 valence electrons. The Balaban J connectivity index is 3.95. The van der Waals surface area contributed by atoms with Crippen LogP contribution in [0.25, 0.3) is 0 Å². The number of alkyl carbamates (subject to hydrolysis) is 1. The fourth-order valence-corrected chi connectivity index (χ4v) is 1.90. The molecule has 1 unspecified atom stereocenters. The third-order valence-corrected chi connectivity index (χ3v) is 2.95. The smallest absolute Gasteiger partial charge is 0.407 e. The highest BCUT2D eigenvalue weighted by Gasteiger charge is 2.16. The summed E-state index contributed by atoms with van der Waals surface area (Å²) in [6.45, 7) is 8.81. The van der Waals surface area contributed by atoms with E-state index in [0.717, 1.165) is 19.3 Å². The second-order valence-corrected chi connectivity index (χ2v) is 6.18. The largest absolute Gasteiger partial charge is 0.444 e. The summed E-state index contributed by atoms with van der Waals surface area (Å²) in [5.74, 6) is 0. The molecule has 0 heterocycles. The van der Waals surface area contributed by atoms with Gasteiger partial charge in [0.25, 0.3) is 0 Å². The van der Waals surface area contributed by atoms with E-state index in [2.05, 4.69) is 10.6 Å². The first-order valence-electron chi connectivity index (χ1n) is 7.65. The summed E-state index contributed by atoms with van der Waals surface area (Å²) in [7, 11) is 1.66. The lowest BCUT2D eigenvalue weighted by atomic mass is 10.1. The van der Waals surface area contributed by atoms with Crippen LogP contribution in [0.5, 0.6) is 0 Å². The van der Waals surface area contributed by atoms with E-state index in [4.69, 9.17) is 9.47 Å². The molecule has 0 radical (unpaired) electrons. The number of ether oxygens (including phenoxy) is 2. The van der Waals surface area contributed by atoms with Gasteiger partial charge in [0, 0.05) is 25.7 Å². The molecule has 0 aromatic carbocycles. The zero-order chi connectivity index (χ0) is 16.3. The lowest BCUT2D eigenvalue weighted by Gasteiger charge is -2.23. The predicted octanol–water partition coefficient (Wildman–Crippen LogP) is 1.67. The van der Waals surface area contributed by atoms with Gasteiger partial charge in [-0.15, -0.1) is 0 Å². The first-order chi connectivity index (χ1) is 9.82. The van der Waals surface area contributed by atoms with Gasteiger partial charge >= 0.3 is 6.09 Å². The molecule has 0 aromatic rings. The van der Waals surface area contributed by atoms with Crippen molar-refractivity contribution in [2.24, 2.45) is 0 Å². The molecule has 6 heteroatoms. The molecule has 21 heavy (non-hydrogen) atoms. The minimum Gasteiger partial charge on any atom is -0.444 e. The molecule has 0 aromatic heterocycles. The maximum atomic E-state index is 11.5. The first kappa shape index (κ1) is 20.1. The van der Waals surface area contributed by atoms with Crippen molar-refractivity contribution >= 4 is 6.09 Å². The number of hydrogen-bond acceptors (Lipinski definition) is 5. The van der Waals surface area contributed by atoms with Gasteiger partial charge in [-0.2, -0.15) is 0 Å². The Labute approximate surface area is 128 Å². The summed E-state index contributed by atoms with van der Waals surface area (Å²) in [6.07, 6.45) is 2.16. The van der Waals surface area contributed by atoms with Crippen LogP contribution >= 0.6 is 0 Å². The van der Waals surface area contributed by atoms with E-state index >= 15 is 0 Å². The van der Waals surface area contributed by atoms with E-state index in [1.54, 1.807) is 7.11 Å². The van der Waals surface area contributed by atoms with E-state index in [1.165, 1.54) is 0 Å². The molecule has 0 aliphatic heterocycles. The molecule has 0 bridgehead atoms. The van der Waals surface area contributed by atoms with Crippen molar-refractivity contribution in [3.63, 3.8) is 0 Å². The van der Waals surface area contributed by atoms with Crippen LogP contribution in [0.2, 0.25) is 0 Å². The monoisotopic (exact) mass is 304 g/mol. The Morgan fingerprint density at radius 1 is 1.29 bits per heavy atom. The molecule has 0 aliphatic carbocycles. The molecule has 1 amide bonds. The summed E-state index contributed by atoms with van der Waals surface area (Å²) in [4.78, 5) is 11.5. The quantitative estimate of drug-likeness (QED) is 0.535. The van der Waals surface area contributed by atoms with Crippen molar-refractivity contribution in [1.82, 2.24) is 10.6 Å². The Bertz CT molecular complexity index is 275. The lowest BCUT2D eigenvalue weighted by Crippen LogP contribution is -2.43. The molecule has 0 saturated carbocycles. The summed E-state index contributed by atoms with van der Waals surface area (Å²) in [6, 6.07) is 0.261. The summed E-state index contributed by atoms with van der Waals surface area (Å²) in [5.41, 5.74) is -0.473. The molecular formula is C15H32N2O4. The van der Waals surface area contributed by atoms with Gasteiger partial charge < -0.3 is 25.2 Å². The highest BCUT2D eigenvalue weighted by molar-refractivity contribution is 5.67. The highest BCUT2D eigenvalue weighted by Crippen LogP contribution is 2.06. The molecule has 2 atom stereocenters. The second kappa shape index (κ2) is 10.8. The van der Waals surface area contributed by atoms with Crippen molar-refractivity contribution in [2.75, 3.05) is 26.9 Å². The van der Waals surface area contributed by atoms with Crippen molar-refractivity contribution in [2.45, 2.75) is 64.6 Å². The Morgan fingerprint density at radius 2 is 1.95 bits per heavy atom. The number of nitrogens with one attached hydrogen (secondary N) is 2. The Kier molecular flexibility index (Phi) is 10.4. The van der Waals surface area contributed by atoms with E-state index in [9.17, 15) is 9.90 Å². The minimum atomic E-state index is -0.473. The maximum absolute atomic E-state index is 11.5. The van der Waals surface area contributed by atoms with Crippen molar-refractivity contribution in [3.8, 4) is 0 Å². The standard InChI is InChI=1S/C15H32N2O4/c1-6-12(10-18)17-13(11-20-5)8-7-9-16-14(19)21-15(2,3)4/h12-13,17-18H,6-11H2,1-5H3,(H,16,19)/t12-,13?/m0/s1. The van der Waals surface area contributed by atoms with Crippen molar-refractivity contribution in [1.29, 1.82) is 0 Å². The summed E-state index contributed by atoms with van der Waals surface area (Å²) < 4.78 is 10.3. The number of carbonyl (C=O) groups excluding carboxylic acids is 1. The molecule has 0 fully saturated rings. The van der Waals surface area contributed by atoms with Crippen LogP contribution in [0.3, 0.4) is 0 Å². The zero-order valence-corrected chi connectivity index (χ0v) is 14.1. The average Bonchev–Trinajstić information content (AvgIpc) is 2.38. The van der Waals surface area contributed by atoms with E-state index in [1.807, 2.05) is 27.7 Å². The zero-order valence-electron chi connectivity index (χ0n) is 14.1. The van der Waals surface area contributed by atoms with Gasteiger partial charge in [0.15, 0.2) is 0 Å². The summed E-state index contributed by atoms with van der Waals surface area (Å²) in [5, 5.41) is 15.3. The fourth-order valence-electron chi connectivity index (χ4n) is 1.90. The van der Waals surface area contributed by atoms with Gasteiger partial charge in [-0.05, 0) is 40.0 Å². The molecule has 0 spiro atoms. The SMILES string of the molecule is CC[C@@H](CO)NC(CCCNC(=O)OC(C)(C)C)COC. The van der Waals surface area contributed by atoms with Crippen molar-refractivity contribution < 1.29 is 19.4 Å². The third-order valence-electron chi connectivity index (χ3n) is 2.95. The topological polar surface area (TPSA) is 79.8 Å². The van der Waals surface area contributed by atoms with Gasteiger partial charge in [0.2, 0.25) is 0 Å². The van der Waals surface area contributed by atoms with Crippen LogP contribution in [0, 0.1) is 0 Å². The average molecular weight is 304 g/mol. The van der Waals surface area contributed by atoms with Gasteiger partial charge in [0.1, 0.15) is 5.60 Å². The number of amides is 1. The van der Waals surface area contributed by atoms with Crippen LogP contribution in [-0.4, -0.2) is 55.8 Å². The number of aliphatic hydroxyl groups is 1. The molecule has 0 aliphatic rings. The maximum Gasteiger partial charge on any atom is 0.407 e. The van der Waals surface area contributed by atoms with Gasteiger partial charge in [-0.1, -0.05) is 6.92 Å². The highest BCUT2D eigenvalue weighted by atomic mass is 16.6. The lowest BCUT2D eigenvalue weighted by molar-refractivity contribution is 0.0526. The number of carbonyl (C=O) groups is 1. The molecule has 0 rings (SSSR count). The number of methoxy groups -OCH3 is 1. The van der Waals surface area contributed by atoms with E-state index in [-0.39, 0.29) is 24.8 Å². The molecule has 6 nitrogen and oxygen atoms in total. The van der Waals surface area contributed by atoms with E-state index < -0.39 is 5.60 Å². The van der Waals surface area contributed by atoms with Gasteiger partial charge in [-0.25, -0.2) is 4.79 Å². The summed E-state index contributed by atoms with van der Waals surface area (Å²) >= 11 is 0. The third kappa shape index (κ3) is 11.5. The molecule has 0 saturated heterocycles. The van der Waals surface area contributed by atoms with E-state index in [0.29, 0.717) is 13.2 Å². The minimum absolute atomic E-state index is 0.0870. The number of hydrogen-bond donors (Lipinski definition) is 3. The first-order valence-corrected chi connectivity index (χ1v) is 7.65. The van der Waals surface area contributed by atoms with Gasteiger partial charge in [0.05, 0.1) is 13.2 Å². The van der Waals surface area contributed by atoms with Crippen LogP contribution in [0.1, 0.15) is 47.0 Å². The second-order valence-electron chi connectivity index (χ2n) is 6.18. The van der Waals surface area contributed by atoms with Crippen LogP contribution < -0.4 is 10.6 Å². The van der Waals surface area contributed by atoms with Crippen LogP contribution in [-0.2, 0) is 9.47 Å². The normalized spacial score (nSPS) is 14.6. The van der Waals surface area contributed by atoms with Gasteiger partial charge in [-0.3, -0.25) is 0 Å². The fraction of sp³-hybridized carbons (Fsp3) is 0.933. The van der Waals surface area contributed by atoms with Crippen LogP contribution in [0.4, 0.5) is 4.79 Å². The predicted molar refractivity (Wildman–Crippen MR) is 83.4 cm³/mol. The number of rotatable bonds is 10. The van der Waals surface area contributed by atoms with Crippen LogP contribution in [0.15, 0.2) is 0 Å². The molecular weight excluding hydrogens is 272 g/mol. The van der Waals surface area contributed by atoms with Crippen molar-refractivity contribution in [3.05, 3.63) is 0 Å². The Hall–Kier alpha value is -0.850. The number of aliphatic hydroxyl groups excluding tert-OH is 1. The Morgan fingerprint density at radius 3 is 2.43 bits per heavy atom. The molecule has 3 N–H and O–H groups in total.